The van der Waals surface area contributed by atoms with E-state index in [-0.39, 0.29) is 11.8 Å². The molecule has 6 heteroatoms. The van der Waals surface area contributed by atoms with Crippen LogP contribution >= 0.6 is 0 Å². The Labute approximate surface area is 125 Å². The van der Waals surface area contributed by atoms with Crippen molar-refractivity contribution in [3.8, 4) is 0 Å². The van der Waals surface area contributed by atoms with Crippen LogP contribution in [0, 0.1) is 0 Å². The molecule has 0 bridgehead atoms. The third-order valence-corrected chi connectivity index (χ3v) is 4.05. The number of nitrogen functional groups attached to an aromatic ring is 1. The number of carbonyl (C=O) groups is 2. The summed E-state index contributed by atoms with van der Waals surface area (Å²) >= 11 is 0. The smallest absolute Gasteiger partial charge is 0.271 e. The first-order valence-corrected chi connectivity index (χ1v) is 7.32. The molecule has 1 aliphatic heterocycles. The SMILES string of the molecule is CCCn1cc(N)cc1C(=O)N1CCN(C)C(=O)C1(C)C. The van der Waals surface area contributed by atoms with Crippen molar-refractivity contribution in [2.24, 2.45) is 0 Å². The molecule has 0 atom stereocenters. The number of likely N-dealkylation sites (N-methyl/N-ethyl adjacent to an activating group) is 1. The summed E-state index contributed by atoms with van der Waals surface area (Å²) in [5, 5.41) is 0. The average molecular weight is 292 g/mol. The molecule has 2 N–H and O–H groups in total. The maximum absolute atomic E-state index is 12.9. The van der Waals surface area contributed by atoms with Crippen LogP contribution in [-0.4, -0.2) is 51.9 Å². The third kappa shape index (κ3) is 2.62. The van der Waals surface area contributed by atoms with Gasteiger partial charge in [-0.3, -0.25) is 9.59 Å². The fraction of sp³-hybridized carbons (Fsp3) is 0.600. The van der Waals surface area contributed by atoms with Crippen molar-refractivity contribution in [3.63, 3.8) is 0 Å². The lowest BCUT2D eigenvalue weighted by atomic mass is 9.97. The molecule has 116 valence electrons. The Kier molecular flexibility index (Phi) is 3.98. The zero-order valence-corrected chi connectivity index (χ0v) is 13.2. The topological polar surface area (TPSA) is 71.6 Å². The first-order valence-electron chi connectivity index (χ1n) is 7.32. The number of anilines is 1. The number of carbonyl (C=O) groups excluding carboxylic acids is 2. The van der Waals surface area contributed by atoms with Crippen molar-refractivity contribution >= 4 is 17.5 Å². The Balaban J connectivity index is 2.33. The molecular weight excluding hydrogens is 268 g/mol. The number of aromatic nitrogens is 1. The Morgan fingerprint density at radius 3 is 2.67 bits per heavy atom. The summed E-state index contributed by atoms with van der Waals surface area (Å²) in [6.45, 7) is 7.45. The summed E-state index contributed by atoms with van der Waals surface area (Å²) in [6, 6.07) is 1.69. The van der Waals surface area contributed by atoms with Crippen LogP contribution in [0.4, 0.5) is 5.69 Å². The maximum Gasteiger partial charge on any atom is 0.271 e. The lowest BCUT2D eigenvalue weighted by molar-refractivity contribution is -0.144. The molecule has 1 saturated heterocycles. The van der Waals surface area contributed by atoms with E-state index in [1.165, 1.54) is 0 Å². The van der Waals surface area contributed by atoms with Crippen LogP contribution in [-0.2, 0) is 11.3 Å². The Bertz CT molecular complexity index is 562. The highest BCUT2D eigenvalue weighted by atomic mass is 16.2. The third-order valence-electron chi connectivity index (χ3n) is 4.05. The summed E-state index contributed by atoms with van der Waals surface area (Å²) in [5.74, 6) is -0.171. The monoisotopic (exact) mass is 292 g/mol. The second-order valence-corrected chi connectivity index (χ2v) is 6.09. The summed E-state index contributed by atoms with van der Waals surface area (Å²) < 4.78 is 1.87. The lowest BCUT2D eigenvalue weighted by Crippen LogP contribution is -2.63. The molecule has 6 nitrogen and oxygen atoms in total. The largest absolute Gasteiger partial charge is 0.397 e. The molecule has 21 heavy (non-hydrogen) atoms. The quantitative estimate of drug-likeness (QED) is 0.909. The van der Waals surface area contributed by atoms with Crippen LogP contribution in [0.25, 0.3) is 0 Å². The van der Waals surface area contributed by atoms with Gasteiger partial charge < -0.3 is 20.1 Å². The normalized spacial score (nSPS) is 18.2. The van der Waals surface area contributed by atoms with Gasteiger partial charge in [0.15, 0.2) is 0 Å². The molecule has 2 rings (SSSR count). The highest BCUT2D eigenvalue weighted by Crippen LogP contribution is 2.25. The van der Waals surface area contributed by atoms with Crippen LogP contribution < -0.4 is 5.73 Å². The van der Waals surface area contributed by atoms with Crippen LogP contribution in [0.15, 0.2) is 12.3 Å². The van der Waals surface area contributed by atoms with E-state index in [0.29, 0.717) is 24.5 Å². The minimum Gasteiger partial charge on any atom is -0.397 e. The van der Waals surface area contributed by atoms with Crippen molar-refractivity contribution in [2.45, 2.75) is 39.3 Å². The van der Waals surface area contributed by atoms with E-state index in [1.54, 1.807) is 43.0 Å². The molecule has 2 amide bonds. The van der Waals surface area contributed by atoms with Gasteiger partial charge in [-0.15, -0.1) is 0 Å². The van der Waals surface area contributed by atoms with Crippen LogP contribution in [0.1, 0.15) is 37.7 Å². The molecule has 0 unspecified atom stereocenters. The van der Waals surface area contributed by atoms with Gasteiger partial charge in [0, 0.05) is 32.9 Å². The van der Waals surface area contributed by atoms with E-state index in [0.717, 1.165) is 13.0 Å². The van der Waals surface area contributed by atoms with Gasteiger partial charge in [-0.2, -0.15) is 0 Å². The number of hydrogen-bond acceptors (Lipinski definition) is 3. The summed E-state index contributed by atoms with van der Waals surface area (Å²) in [7, 11) is 1.77. The van der Waals surface area contributed by atoms with Gasteiger partial charge in [-0.1, -0.05) is 6.92 Å². The van der Waals surface area contributed by atoms with E-state index >= 15 is 0 Å². The highest BCUT2D eigenvalue weighted by molar-refractivity contribution is 5.99. The molecule has 1 aromatic heterocycles. The number of rotatable bonds is 3. The van der Waals surface area contributed by atoms with Gasteiger partial charge in [-0.05, 0) is 26.3 Å². The van der Waals surface area contributed by atoms with Crippen molar-refractivity contribution in [2.75, 3.05) is 25.9 Å². The van der Waals surface area contributed by atoms with E-state index in [9.17, 15) is 9.59 Å². The molecule has 0 aromatic carbocycles. The standard InChI is InChI=1S/C15H24N4O2/c1-5-6-18-10-11(16)9-12(18)13(20)19-8-7-17(4)14(21)15(19,2)3/h9-10H,5-8,16H2,1-4H3. The molecular formula is C15H24N4O2. The minimum absolute atomic E-state index is 0.0383. The van der Waals surface area contributed by atoms with Crippen LogP contribution in [0.2, 0.25) is 0 Å². The number of amides is 2. The molecule has 1 aliphatic rings. The van der Waals surface area contributed by atoms with Crippen molar-refractivity contribution in [1.82, 2.24) is 14.4 Å². The molecule has 0 spiro atoms. The summed E-state index contributed by atoms with van der Waals surface area (Å²) in [5.41, 5.74) is 6.12. The van der Waals surface area contributed by atoms with Gasteiger partial charge in [0.2, 0.25) is 5.91 Å². The predicted octanol–water partition coefficient (Wildman–Crippen LogP) is 1.17. The Morgan fingerprint density at radius 1 is 1.38 bits per heavy atom. The van der Waals surface area contributed by atoms with Gasteiger partial charge in [0.1, 0.15) is 11.2 Å². The van der Waals surface area contributed by atoms with Crippen molar-refractivity contribution in [3.05, 3.63) is 18.0 Å². The predicted molar refractivity (Wildman–Crippen MR) is 81.9 cm³/mol. The molecule has 0 saturated carbocycles. The first kappa shape index (κ1) is 15.4. The lowest BCUT2D eigenvalue weighted by Gasteiger charge is -2.44. The first-order chi connectivity index (χ1) is 9.78. The van der Waals surface area contributed by atoms with E-state index < -0.39 is 5.54 Å². The maximum atomic E-state index is 12.9. The molecule has 0 radical (unpaired) electrons. The van der Waals surface area contributed by atoms with E-state index in [1.807, 2.05) is 11.5 Å². The van der Waals surface area contributed by atoms with Gasteiger partial charge in [0.05, 0.1) is 5.69 Å². The number of piperazine rings is 1. The van der Waals surface area contributed by atoms with Crippen LogP contribution in [0.3, 0.4) is 0 Å². The minimum atomic E-state index is -0.833. The van der Waals surface area contributed by atoms with E-state index in [2.05, 4.69) is 0 Å². The number of aryl methyl sites for hydroxylation is 1. The Hall–Kier alpha value is -1.98. The second-order valence-electron chi connectivity index (χ2n) is 6.09. The van der Waals surface area contributed by atoms with Gasteiger partial charge >= 0.3 is 0 Å². The van der Waals surface area contributed by atoms with Gasteiger partial charge in [-0.25, -0.2) is 0 Å². The van der Waals surface area contributed by atoms with Gasteiger partial charge in [0.25, 0.3) is 5.91 Å². The van der Waals surface area contributed by atoms with Crippen LogP contribution in [0.5, 0.6) is 0 Å². The van der Waals surface area contributed by atoms with Crippen molar-refractivity contribution in [1.29, 1.82) is 0 Å². The molecule has 2 heterocycles. The summed E-state index contributed by atoms with van der Waals surface area (Å²) in [6.07, 6.45) is 2.70. The number of hydrogen-bond donors (Lipinski definition) is 1. The number of nitrogens with two attached hydrogens (primary N) is 1. The van der Waals surface area contributed by atoms with Crippen molar-refractivity contribution < 1.29 is 9.59 Å². The average Bonchev–Trinajstić information content (AvgIpc) is 2.77. The number of nitrogens with zero attached hydrogens (tertiary/aromatic N) is 3. The molecule has 1 fully saturated rings. The Morgan fingerprint density at radius 2 is 2.05 bits per heavy atom. The second kappa shape index (κ2) is 5.42. The fourth-order valence-corrected chi connectivity index (χ4v) is 2.85. The highest BCUT2D eigenvalue weighted by Gasteiger charge is 2.43. The zero-order chi connectivity index (χ0) is 15.8. The molecule has 1 aromatic rings. The zero-order valence-electron chi connectivity index (χ0n) is 13.2. The summed E-state index contributed by atoms with van der Waals surface area (Å²) in [4.78, 5) is 28.5. The van der Waals surface area contributed by atoms with E-state index in [4.69, 9.17) is 5.73 Å². The molecule has 0 aliphatic carbocycles. The fourth-order valence-electron chi connectivity index (χ4n) is 2.85.